The van der Waals surface area contributed by atoms with Gasteiger partial charge in [0.25, 0.3) is 0 Å². The lowest BCUT2D eigenvalue weighted by molar-refractivity contribution is -0.140. The monoisotopic (exact) mass is 321 g/mol. The second-order valence-electron chi connectivity index (χ2n) is 6.85. The first kappa shape index (κ1) is 17.1. The predicted molar refractivity (Wildman–Crippen MR) is 84.4 cm³/mol. The van der Waals surface area contributed by atoms with Crippen molar-refractivity contribution in [2.45, 2.75) is 38.7 Å². The first-order valence-electron chi connectivity index (χ1n) is 7.67. The second kappa shape index (κ2) is 6.48. The number of nitrogens with zero attached hydrogens (tertiary/aromatic N) is 1. The van der Waals surface area contributed by atoms with Crippen molar-refractivity contribution in [1.82, 2.24) is 4.90 Å². The number of aromatic hydroxyl groups is 1. The van der Waals surface area contributed by atoms with Gasteiger partial charge in [-0.3, -0.25) is 4.79 Å². The summed E-state index contributed by atoms with van der Waals surface area (Å²) in [6, 6.07) is 6.45. The molecule has 1 amide bonds. The standard InChI is InChI=1S/C17H23NO5/c1-17(2,3)23-16(22)18-9-8-11(10-18)14(15(20)21)12-6-4-5-7-13(12)19/h4-7,11,14,19H,8-10H2,1-3H3,(H,20,21). The minimum absolute atomic E-state index is 0.0318. The molecule has 0 radical (unpaired) electrons. The summed E-state index contributed by atoms with van der Waals surface area (Å²) in [5.74, 6) is -2.13. The molecule has 0 aromatic heterocycles. The Labute approximate surface area is 135 Å². The normalized spacial score (nSPS) is 19.4. The third kappa shape index (κ3) is 4.15. The number of amides is 1. The highest BCUT2D eigenvalue weighted by atomic mass is 16.6. The van der Waals surface area contributed by atoms with Crippen LogP contribution in [0.4, 0.5) is 4.79 Å². The molecule has 2 atom stereocenters. The van der Waals surface area contributed by atoms with E-state index in [1.165, 1.54) is 11.0 Å². The van der Waals surface area contributed by atoms with Crippen molar-refractivity contribution in [3.8, 4) is 5.75 Å². The van der Waals surface area contributed by atoms with Crippen LogP contribution in [0.25, 0.3) is 0 Å². The largest absolute Gasteiger partial charge is 0.508 e. The summed E-state index contributed by atoms with van der Waals surface area (Å²) in [6.45, 7) is 6.14. The van der Waals surface area contributed by atoms with Crippen molar-refractivity contribution < 1.29 is 24.5 Å². The molecule has 0 aliphatic carbocycles. The predicted octanol–water partition coefficient (Wildman–Crippen LogP) is 2.82. The van der Waals surface area contributed by atoms with E-state index in [0.717, 1.165) is 0 Å². The number of phenolic OH excluding ortho intramolecular Hbond substituents is 1. The highest BCUT2D eigenvalue weighted by Gasteiger charge is 2.38. The van der Waals surface area contributed by atoms with E-state index in [-0.39, 0.29) is 11.7 Å². The van der Waals surface area contributed by atoms with Crippen LogP contribution in [0, 0.1) is 5.92 Å². The van der Waals surface area contributed by atoms with Crippen LogP contribution in [0.5, 0.6) is 5.75 Å². The molecule has 1 fully saturated rings. The van der Waals surface area contributed by atoms with Gasteiger partial charge in [-0.25, -0.2) is 4.79 Å². The molecule has 0 saturated carbocycles. The summed E-state index contributed by atoms with van der Waals surface area (Å²) in [5.41, 5.74) is -0.199. The number of hydrogen-bond donors (Lipinski definition) is 2. The van der Waals surface area contributed by atoms with E-state index in [1.54, 1.807) is 39.0 Å². The summed E-state index contributed by atoms with van der Waals surface area (Å²) in [4.78, 5) is 25.3. The van der Waals surface area contributed by atoms with E-state index >= 15 is 0 Å². The fraction of sp³-hybridized carbons (Fsp3) is 0.529. The first-order valence-corrected chi connectivity index (χ1v) is 7.67. The van der Waals surface area contributed by atoms with E-state index in [4.69, 9.17) is 4.74 Å². The number of aliphatic carboxylic acids is 1. The van der Waals surface area contributed by atoms with Crippen LogP contribution in [-0.2, 0) is 9.53 Å². The third-order valence-electron chi connectivity index (χ3n) is 3.89. The zero-order chi connectivity index (χ0) is 17.2. The summed E-state index contributed by atoms with van der Waals surface area (Å²) < 4.78 is 5.33. The van der Waals surface area contributed by atoms with Crippen LogP contribution >= 0.6 is 0 Å². The van der Waals surface area contributed by atoms with Gasteiger partial charge in [-0.05, 0) is 39.2 Å². The van der Waals surface area contributed by atoms with Crippen LogP contribution < -0.4 is 0 Å². The number of ether oxygens (including phenoxy) is 1. The van der Waals surface area contributed by atoms with Crippen LogP contribution in [0.3, 0.4) is 0 Å². The molecular formula is C17H23NO5. The number of carbonyl (C=O) groups is 2. The van der Waals surface area contributed by atoms with Gasteiger partial charge in [0.15, 0.2) is 0 Å². The zero-order valence-electron chi connectivity index (χ0n) is 13.7. The fourth-order valence-electron chi connectivity index (χ4n) is 2.89. The maximum Gasteiger partial charge on any atom is 0.410 e. The molecule has 2 unspecified atom stereocenters. The summed E-state index contributed by atoms with van der Waals surface area (Å²) in [5, 5.41) is 19.5. The van der Waals surface area contributed by atoms with E-state index in [9.17, 15) is 19.8 Å². The van der Waals surface area contributed by atoms with Crippen LogP contribution in [-0.4, -0.2) is 45.9 Å². The molecule has 0 spiro atoms. The summed E-state index contributed by atoms with van der Waals surface area (Å²) in [7, 11) is 0. The number of para-hydroxylation sites is 1. The molecule has 6 nitrogen and oxygen atoms in total. The Morgan fingerprint density at radius 1 is 1.30 bits per heavy atom. The van der Waals surface area contributed by atoms with Gasteiger partial charge in [-0.15, -0.1) is 0 Å². The number of carbonyl (C=O) groups excluding carboxylic acids is 1. The molecule has 1 aliphatic rings. The molecule has 6 heteroatoms. The van der Waals surface area contributed by atoms with Crippen molar-refractivity contribution in [3.05, 3.63) is 29.8 Å². The molecule has 1 aliphatic heterocycles. The molecule has 2 rings (SSSR count). The smallest absolute Gasteiger partial charge is 0.410 e. The number of rotatable bonds is 3. The first-order chi connectivity index (χ1) is 10.7. The Hall–Kier alpha value is -2.24. The van der Waals surface area contributed by atoms with E-state index in [2.05, 4.69) is 0 Å². The van der Waals surface area contributed by atoms with Crippen LogP contribution in [0.1, 0.15) is 38.7 Å². The van der Waals surface area contributed by atoms with E-state index in [0.29, 0.717) is 25.1 Å². The minimum Gasteiger partial charge on any atom is -0.508 e. The molecule has 2 N–H and O–H groups in total. The Morgan fingerprint density at radius 3 is 2.52 bits per heavy atom. The van der Waals surface area contributed by atoms with Gasteiger partial charge < -0.3 is 19.8 Å². The number of phenols is 1. The molecule has 1 aromatic rings. The Bertz CT molecular complexity index is 593. The van der Waals surface area contributed by atoms with Gasteiger partial charge in [-0.1, -0.05) is 18.2 Å². The van der Waals surface area contributed by atoms with Gasteiger partial charge in [0.2, 0.25) is 0 Å². The van der Waals surface area contributed by atoms with Gasteiger partial charge in [0.1, 0.15) is 11.4 Å². The van der Waals surface area contributed by atoms with Gasteiger partial charge >= 0.3 is 12.1 Å². The topological polar surface area (TPSA) is 87.1 Å². The van der Waals surface area contributed by atoms with Crippen LogP contribution in [0.2, 0.25) is 0 Å². The fourth-order valence-corrected chi connectivity index (χ4v) is 2.89. The van der Waals surface area contributed by atoms with Crippen molar-refractivity contribution in [2.75, 3.05) is 13.1 Å². The maximum atomic E-state index is 12.1. The lowest BCUT2D eigenvalue weighted by Gasteiger charge is -2.25. The summed E-state index contributed by atoms with van der Waals surface area (Å²) in [6.07, 6.45) is 0.131. The highest BCUT2D eigenvalue weighted by Crippen LogP contribution is 2.36. The molecule has 1 aromatic carbocycles. The quantitative estimate of drug-likeness (QED) is 0.894. The lowest BCUT2D eigenvalue weighted by atomic mass is 9.85. The summed E-state index contributed by atoms with van der Waals surface area (Å²) >= 11 is 0. The Balaban J connectivity index is 2.13. The van der Waals surface area contributed by atoms with Gasteiger partial charge in [-0.2, -0.15) is 0 Å². The second-order valence-corrected chi connectivity index (χ2v) is 6.85. The SMILES string of the molecule is CC(C)(C)OC(=O)N1CCC(C(C(=O)O)c2ccccc2O)C1. The number of carboxylic acid groups (broad SMARTS) is 1. The molecular weight excluding hydrogens is 298 g/mol. The van der Waals surface area contributed by atoms with E-state index in [1.807, 2.05) is 0 Å². The number of likely N-dealkylation sites (tertiary alicyclic amines) is 1. The van der Waals surface area contributed by atoms with Crippen molar-refractivity contribution in [1.29, 1.82) is 0 Å². The average molecular weight is 321 g/mol. The average Bonchev–Trinajstić information content (AvgIpc) is 2.88. The van der Waals surface area contributed by atoms with Crippen molar-refractivity contribution in [2.24, 2.45) is 5.92 Å². The number of benzene rings is 1. The molecule has 126 valence electrons. The molecule has 1 saturated heterocycles. The maximum absolute atomic E-state index is 12.1. The van der Waals surface area contributed by atoms with Gasteiger partial charge in [0.05, 0.1) is 5.92 Å². The number of carboxylic acids is 1. The Kier molecular flexibility index (Phi) is 4.82. The molecule has 0 bridgehead atoms. The third-order valence-corrected chi connectivity index (χ3v) is 3.89. The number of hydrogen-bond acceptors (Lipinski definition) is 4. The van der Waals surface area contributed by atoms with Gasteiger partial charge in [0, 0.05) is 18.7 Å². The Morgan fingerprint density at radius 2 is 1.96 bits per heavy atom. The van der Waals surface area contributed by atoms with E-state index < -0.39 is 23.6 Å². The zero-order valence-corrected chi connectivity index (χ0v) is 13.7. The van der Waals surface area contributed by atoms with Crippen molar-refractivity contribution >= 4 is 12.1 Å². The minimum atomic E-state index is -0.998. The van der Waals surface area contributed by atoms with Crippen molar-refractivity contribution in [3.63, 3.8) is 0 Å². The highest BCUT2D eigenvalue weighted by molar-refractivity contribution is 5.78. The lowest BCUT2D eigenvalue weighted by Crippen LogP contribution is -2.36. The van der Waals surface area contributed by atoms with Crippen LogP contribution in [0.15, 0.2) is 24.3 Å². The molecule has 1 heterocycles. The molecule has 23 heavy (non-hydrogen) atoms.